The first-order valence-corrected chi connectivity index (χ1v) is 7.81. The van der Waals surface area contributed by atoms with Gasteiger partial charge in [-0.05, 0) is 43.7 Å². The fraction of sp³-hybridized carbons (Fsp3) is 0.769. The molecule has 3 nitrogen and oxygen atoms in total. The molecule has 2 heterocycles. The molecule has 1 aromatic heterocycles. The van der Waals surface area contributed by atoms with E-state index in [1.165, 1.54) is 37.4 Å². The second-order valence-electron chi connectivity index (χ2n) is 4.80. The maximum absolute atomic E-state index is 4.67. The molecule has 0 aromatic carbocycles. The van der Waals surface area contributed by atoms with E-state index in [0.717, 1.165) is 11.7 Å². The first kappa shape index (κ1) is 13.0. The smallest absolute Gasteiger partial charge is 0.0723 e. The summed E-state index contributed by atoms with van der Waals surface area (Å²) in [4.78, 5) is 0. The van der Waals surface area contributed by atoms with Crippen LogP contribution >= 0.6 is 11.8 Å². The van der Waals surface area contributed by atoms with E-state index in [1.807, 2.05) is 11.8 Å². The molecule has 96 valence electrons. The van der Waals surface area contributed by atoms with Crippen LogP contribution in [0.4, 0.5) is 0 Å². The average Bonchev–Trinajstić information content (AvgIpc) is 2.72. The molecule has 1 aliphatic heterocycles. The van der Waals surface area contributed by atoms with Gasteiger partial charge in [0.15, 0.2) is 0 Å². The van der Waals surface area contributed by atoms with E-state index in [0.29, 0.717) is 6.04 Å². The number of aromatic nitrogens is 2. The molecule has 1 N–H and O–H groups in total. The largest absolute Gasteiger partial charge is 0.316 e. The van der Waals surface area contributed by atoms with Crippen molar-refractivity contribution in [2.24, 2.45) is 5.92 Å². The number of nitrogens with zero attached hydrogens (tertiary/aromatic N) is 2. The lowest BCUT2D eigenvalue weighted by atomic mass is 10.1. The Labute approximate surface area is 108 Å². The molecule has 0 unspecified atom stereocenters. The summed E-state index contributed by atoms with van der Waals surface area (Å²) in [5.41, 5.74) is 1.23. The van der Waals surface area contributed by atoms with Gasteiger partial charge in [-0.25, -0.2) is 0 Å². The topological polar surface area (TPSA) is 29.9 Å². The van der Waals surface area contributed by atoms with Crippen LogP contribution in [-0.4, -0.2) is 28.6 Å². The average molecular weight is 253 g/mol. The Bertz CT molecular complexity index is 329. The molecule has 1 saturated heterocycles. The molecule has 0 aliphatic carbocycles. The van der Waals surface area contributed by atoms with Gasteiger partial charge >= 0.3 is 0 Å². The van der Waals surface area contributed by atoms with E-state index >= 15 is 0 Å². The van der Waals surface area contributed by atoms with E-state index in [4.69, 9.17) is 0 Å². The summed E-state index contributed by atoms with van der Waals surface area (Å²) < 4.78 is 2.14. The molecule has 1 aromatic rings. The molecule has 0 atom stereocenters. The predicted molar refractivity (Wildman–Crippen MR) is 74.4 cm³/mol. The van der Waals surface area contributed by atoms with E-state index in [9.17, 15) is 0 Å². The zero-order valence-corrected chi connectivity index (χ0v) is 11.7. The molecular formula is C13H23N3S. The van der Waals surface area contributed by atoms with Crippen LogP contribution in [0.3, 0.4) is 0 Å². The van der Waals surface area contributed by atoms with Crippen molar-refractivity contribution >= 4 is 11.8 Å². The lowest BCUT2D eigenvalue weighted by molar-refractivity contribution is 0.385. The highest BCUT2D eigenvalue weighted by atomic mass is 32.2. The van der Waals surface area contributed by atoms with Crippen LogP contribution in [-0.2, 0) is 5.75 Å². The number of rotatable bonds is 7. The van der Waals surface area contributed by atoms with E-state index in [1.54, 1.807) is 0 Å². The summed E-state index contributed by atoms with van der Waals surface area (Å²) in [7, 11) is 0. The summed E-state index contributed by atoms with van der Waals surface area (Å²) in [6.07, 6.45) is 4.47. The third kappa shape index (κ3) is 3.49. The molecule has 1 fully saturated rings. The molecule has 0 radical (unpaired) electrons. The SMILES string of the molecule is CCC(CC)n1ccc(CSCC2CNC2)n1. The Morgan fingerprint density at radius 3 is 2.82 bits per heavy atom. The van der Waals surface area contributed by atoms with Crippen LogP contribution < -0.4 is 5.32 Å². The Hall–Kier alpha value is -0.480. The van der Waals surface area contributed by atoms with Crippen LogP contribution in [0, 0.1) is 5.92 Å². The molecular weight excluding hydrogens is 230 g/mol. The lowest BCUT2D eigenvalue weighted by Crippen LogP contribution is -2.43. The van der Waals surface area contributed by atoms with Gasteiger partial charge in [0.25, 0.3) is 0 Å². The van der Waals surface area contributed by atoms with Gasteiger partial charge < -0.3 is 5.32 Å². The Kier molecular flexibility index (Phi) is 4.92. The third-order valence-electron chi connectivity index (χ3n) is 3.45. The van der Waals surface area contributed by atoms with Gasteiger partial charge in [-0.15, -0.1) is 0 Å². The number of hydrogen-bond donors (Lipinski definition) is 1. The first-order valence-electron chi connectivity index (χ1n) is 6.66. The third-order valence-corrected chi connectivity index (χ3v) is 4.66. The Morgan fingerprint density at radius 2 is 2.24 bits per heavy atom. The second kappa shape index (κ2) is 6.45. The minimum atomic E-state index is 0.574. The van der Waals surface area contributed by atoms with Gasteiger partial charge in [0.05, 0.1) is 11.7 Å². The Morgan fingerprint density at radius 1 is 1.47 bits per heavy atom. The molecule has 0 saturated carbocycles. The lowest BCUT2D eigenvalue weighted by Gasteiger charge is -2.26. The van der Waals surface area contributed by atoms with Crippen molar-refractivity contribution in [3.63, 3.8) is 0 Å². The van der Waals surface area contributed by atoms with Gasteiger partial charge in [-0.3, -0.25) is 4.68 Å². The quantitative estimate of drug-likeness (QED) is 0.810. The summed E-state index contributed by atoms with van der Waals surface area (Å²) in [6, 6.07) is 2.74. The maximum Gasteiger partial charge on any atom is 0.0723 e. The van der Waals surface area contributed by atoms with Gasteiger partial charge in [0.1, 0.15) is 0 Å². The number of thioether (sulfide) groups is 1. The van der Waals surface area contributed by atoms with Crippen molar-refractivity contribution in [3.8, 4) is 0 Å². The molecule has 1 aliphatic rings. The summed E-state index contributed by atoms with van der Waals surface area (Å²) in [6.45, 7) is 6.87. The van der Waals surface area contributed by atoms with Crippen molar-refractivity contribution in [1.29, 1.82) is 0 Å². The Balaban J connectivity index is 1.76. The predicted octanol–water partition coefficient (Wildman–Crippen LogP) is 2.70. The van der Waals surface area contributed by atoms with Crippen molar-refractivity contribution in [2.45, 2.75) is 38.5 Å². The zero-order valence-electron chi connectivity index (χ0n) is 10.9. The van der Waals surface area contributed by atoms with Crippen molar-refractivity contribution in [1.82, 2.24) is 15.1 Å². The van der Waals surface area contributed by atoms with E-state index in [-0.39, 0.29) is 0 Å². The van der Waals surface area contributed by atoms with Crippen LogP contribution in [0.2, 0.25) is 0 Å². The van der Waals surface area contributed by atoms with Crippen molar-refractivity contribution in [3.05, 3.63) is 18.0 Å². The highest BCUT2D eigenvalue weighted by Crippen LogP contribution is 2.19. The minimum absolute atomic E-state index is 0.574. The maximum atomic E-state index is 4.67. The highest BCUT2D eigenvalue weighted by molar-refractivity contribution is 7.98. The van der Waals surface area contributed by atoms with Crippen molar-refractivity contribution < 1.29 is 0 Å². The van der Waals surface area contributed by atoms with Crippen molar-refractivity contribution in [2.75, 3.05) is 18.8 Å². The fourth-order valence-electron chi connectivity index (χ4n) is 2.12. The van der Waals surface area contributed by atoms with E-state index < -0.39 is 0 Å². The van der Waals surface area contributed by atoms with Crippen LogP contribution in [0.1, 0.15) is 38.4 Å². The molecule has 2 rings (SSSR count). The van der Waals surface area contributed by atoms with Gasteiger partial charge in [-0.1, -0.05) is 13.8 Å². The summed E-state index contributed by atoms with van der Waals surface area (Å²) >= 11 is 2.01. The normalized spacial score (nSPS) is 16.4. The molecule has 4 heteroatoms. The fourth-order valence-corrected chi connectivity index (χ4v) is 3.17. The summed E-state index contributed by atoms with van der Waals surface area (Å²) in [5, 5.41) is 7.98. The van der Waals surface area contributed by atoms with E-state index in [2.05, 4.69) is 41.2 Å². The second-order valence-corrected chi connectivity index (χ2v) is 5.83. The zero-order chi connectivity index (χ0) is 12.1. The van der Waals surface area contributed by atoms with Gasteiger partial charge in [-0.2, -0.15) is 16.9 Å². The van der Waals surface area contributed by atoms with Crippen LogP contribution in [0.15, 0.2) is 12.3 Å². The highest BCUT2D eigenvalue weighted by Gasteiger charge is 2.16. The number of nitrogens with one attached hydrogen (secondary N) is 1. The monoisotopic (exact) mass is 253 g/mol. The van der Waals surface area contributed by atoms with Crippen LogP contribution in [0.5, 0.6) is 0 Å². The van der Waals surface area contributed by atoms with Gasteiger partial charge in [0.2, 0.25) is 0 Å². The molecule has 0 amide bonds. The molecule has 17 heavy (non-hydrogen) atoms. The summed E-state index contributed by atoms with van der Waals surface area (Å²) in [5.74, 6) is 3.22. The molecule has 0 bridgehead atoms. The first-order chi connectivity index (χ1) is 8.33. The standard InChI is InChI=1S/C13H23N3S/c1-3-13(4-2)16-6-5-12(15-16)10-17-9-11-7-14-8-11/h5-6,11,13-14H,3-4,7-10H2,1-2H3. The van der Waals surface area contributed by atoms with Gasteiger partial charge in [0, 0.05) is 11.9 Å². The minimum Gasteiger partial charge on any atom is -0.316 e. The number of hydrogen-bond acceptors (Lipinski definition) is 3. The van der Waals surface area contributed by atoms with Crippen LogP contribution in [0.25, 0.3) is 0 Å². The molecule has 0 spiro atoms.